The SMILES string of the molecule is CNC(C)Cc1csc(CC2CCCS2)n1. The first-order chi connectivity index (χ1) is 7.78. The smallest absolute Gasteiger partial charge is 0.0939 e. The molecular weight excluding hydrogens is 236 g/mol. The summed E-state index contributed by atoms with van der Waals surface area (Å²) < 4.78 is 0. The van der Waals surface area contributed by atoms with Crippen molar-refractivity contribution in [3.8, 4) is 0 Å². The Balaban J connectivity index is 1.86. The van der Waals surface area contributed by atoms with Crippen LogP contribution >= 0.6 is 23.1 Å². The zero-order valence-corrected chi connectivity index (χ0v) is 11.7. The van der Waals surface area contributed by atoms with Gasteiger partial charge in [0.2, 0.25) is 0 Å². The number of aromatic nitrogens is 1. The molecule has 1 aliphatic heterocycles. The fourth-order valence-electron chi connectivity index (χ4n) is 1.95. The monoisotopic (exact) mass is 256 g/mol. The van der Waals surface area contributed by atoms with Gasteiger partial charge >= 0.3 is 0 Å². The highest BCUT2D eigenvalue weighted by atomic mass is 32.2. The average molecular weight is 256 g/mol. The zero-order chi connectivity index (χ0) is 11.4. The second-order valence-corrected chi connectivity index (χ2v) is 6.82. The Morgan fingerprint density at radius 1 is 1.62 bits per heavy atom. The summed E-state index contributed by atoms with van der Waals surface area (Å²) in [5, 5.41) is 7.65. The molecule has 0 spiro atoms. The fraction of sp³-hybridized carbons (Fsp3) is 0.750. The van der Waals surface area contributed by atoms with Crippen LogP contribution in [-0.2, 0) is 12.8 Å². The number of hydrogen-bond donors (Lipinski definition) is 1. The maximum atomic E-state index is 4.73. The van der Waals surface area contributed by atoms with E-state index in [0.29, 0.717) is 6.04 Å². The van der Waals surface area contributed by atoms with E-state index in [-0.39, 0.29) is 0 Å². The standard InChI is InChI=1S/C12H20N2S2/c1-9(13-2)6-10-8-16-12(14-10)7-11-4-3-5-15-11/h8-9,11,13H,3-7H2,1-2H3. The maximum absolute atomic E-state index is 4.73. The average Bonchev–Trinajstić information content (AvgIpc) is 2.91. The molecule has 0 bridgehead atoms. The summed E-state index contributed by atoms with van der Waals surface area (Å²) in [5.74, 6) is 1.35. The number of likely N-dealkylation sites (N-methyl/N-ethyl adjacent to an activating group) is 1. The van der Waals surface area contributed by atoms with Crippen LogP contribution in [0.5, 0.6) is 0 Å². The number of rotatable bonds is 5. The Morgan fingerprint density at radius 3 is 3.19 bits per heavy atom. The largest absolute Gasteiger partial charge is 0.317 e. The molecule has 1 aliphatic rings. The Hall–Kier alpha value is -0.0600. The quantitative estimate of drug-likeness (QED) is 0.877. The predicted octanol–water partition coefficient (Wildman–Crippen LogP) is 2.73. The van der Waals surface area contributed by atoms with Gasteiger partial charge < -0.3 is 5.32 Å². The van der Waals surface area contributed by atoms with Gasteiger partial charge in [-0.05, 0) is 32.6 Å². The van der Waals surface area contributed by atoms with Crippen molar-refractivity contribution in [1.82, 2.24) is 10.3 Å². The first-order valence-electron chi connectivity index (χ1n) is 6.00. The molecule has 2 rings (SSSR count). The van der Waals surface area contributed by atoms with E-state index < -0.39 is 0 Å². The number of thiazole rings is 1. The second-order valence-electron chi connectivity index (χ2n) is 4.47. The molecule has 0 amide bonds. The van der Waals surface area contributed by atoms with Gasteiger partial charge in [-0.3, -0.25) is 0 Å². The van der Waals surface area contributed by atoms with Crippen LogP contribution < -0.4 is 5.32 Å². The first kappa shape index (κ1) is 12.4. The van der Waals surface area contributed by atoms with Crippen LogP contribution in [0, 0.1) is 0 Å². The minimum atomic E-state index is 0.524. The number of nitrogens with zero attached hydrogens (tertiary/aromatic N) is 1. The lowest BCUT2D eigenvalue weighted by Crippen LogP contribution is -2.23. The van der Waals surface area contributed by atoms with Gasteiger partial charge in [0.15, 0.2) is 0 Å². The van der Waals surface area contributed by atoms with Crippen LogP contribution in [0.4, 0.5) is 0 Å². The van der Waals surface area contributed by atoms with Crippen LogP contribution in [0.25, 0.3) is 0 Å². The van der Waals surface area contributed by atoms with Crippen LogP contribution in [0.15, 0.2) is 5.38 Å². The maximum Gasteiger partial charge on any atom is 0.0939 e. The summed E-state index contributed by atoms with van der Waals surface area (Å²) in [6, 6.07) is 0.524. The normalized spacial score (nSPS) is 22.5. The third-order valence-electron chi connectivity index (χ3n) is 3.03. The van der Waals surface area contributed by atoms with E-state index in [0.717, 1.165) is 11.7 Å². The molecule has 1 aromatic rings. The summed E-state index contributed by atoms with van der Waals surface area (Å²) in [7, 11) is 2.01. The number of nitrogens with one attached hydrogen (secondary N) is 1. The van der Waals surface area contributed by atoms with Crippen molar-refractivity contribution in [2.24, 2.45) is 0 Å². The van der Waals surface area contributed by atoms with Crippen LogP contribution in [-0.4, -0.2) is 29.1 Å². The highest BCUT2D eigenvalue weighted by Crippen LogP contribution is 2.29. The van der Waals surface area contributed by atoms with Gasteiger partial charge in [0.1, 0.15) is 0 Å². The van der Waals surface area contributed by atoms with Crippen molar-refractivity contribution in [3.63, 3.8) is 0 Å². The van der Waals surface area contributed by atoms with E-state index in [2.05, 4.69) is 29.4 Å². The van der Waals surface area contributed by atoms with Crippen molar-refractivity contribution < 1.29 is 0 Å². The molecule has 1 aromatic heterocycles. The van der Waals surface area contributed by atoms with E-state index in [9.17, 15) is 0 Å². The van der Waals surface area contributed by atoms with Crippen molar-refractivity contribution in [1.29, 1.82) is 0 Å². The molecule has 2 heterocycles. The van der Waals surface area contributed by atoms with E-state index in [1.165, 1.54) is 35.7 Å². The Labute approximate surface area is 106 Å². The third-order valence-corrected chi connectivity index (χ3v) is 5.35. The molecule has 4 heteroatoms. The van der Waals surface area contributed by atoms with Gasteiger partial charge in [-0.25, -0.2) is 4.98 Å². The number of hydrogen-bond acceptors (Lipinski definition) is 4. The van der Waals surface area contributed by atoms with Crippen molar-refractivity contribution >= 4 is 23.1 Å². The van der Waals surface area contributed by atoms with Crippen molar-refractivity contribution in [2.75, 3.05) is 12.8 Å². The molecule has 16 heavy (non-hydrogen) atoms. The highest BCUT2D eigenvalue weighted by Gasteiger charge is 2.17. The van der Waals surface area contributed by atoms with E-state index in [1.54, 1.807) is 0 Å². The molecule has 2 nitrogen and oxygen atoms in total. The van der Waals surface area contributed by atoms with Gasteiger partial charge in [0, 0.05) is 29.5 Å². The van der Waals surface area contributed by atoms with E-state index in [4.69, 9.17) is 4.98 Å². The van der Waals surface area contributed by atoms with Gasteiger partial charge in [-0.15, -0.1) is 11.3 Å². The summed E-state index contributed by atoms with van der Waals surface area (Å²) in [4.78, 5) is 4.73. The van der Waals surface area contributed by atoms with E-state index >= 15 is 0 Å². The molecule has 0 saturated carbocycles. The first-order valence-corrected chi connectivity index (χ1v) is 7.93. The highest BCUT2D eigenvalue weighted by molar-refractivity contribution is 8.00. The second kappa shape index (κ2) is 6.03. The van der Waals surface area contributed by atoms with Crippen LogP contribution in [0.3, 0.4) is 0 Å². The van der Waals surface area contributed by atoms with Crippen molar-refractivity contribution in [3.05, 3.63) is 16.1 Å². The van der Waals surface area contributed by atoms with Gasteiger partial charge in [-0.1, -0.05) is 0 Å². The summed E-state index contributed by atoms with van der Waals surface area (Å²) in [6.45, 7) is 2.20. The molecular formula is C12H20N2S2. The van der Waals surface area contributed by atoms with Crippen LogP contribution in [0.1, 0.15) is 30.5 Å². The van der Waals surface area contributed by atoms with Crippen molar-refractivity contribution in [2.45, 2.75) is 43.9 Å². The summed E-state index contributed by atoms with van der Waals surface area (Å²) in [5.41, 5.74) is 1.25. The topological polar surface area (TPSA) is 24.9 Å². The zero-order valence-electron chi connectivity index (χ0n) is 10.0. The molecule has 1 saturated heterocycles. The Kier molecular flexibility index (Phi) is 4.67. The molecule has 0 aromatic carbocycles. The van der Waals surface area contributed by atoms with Gasteiger partial charge in [0.05, 0.1) is 10.7 Å². The molecule has 1 fully saturated rings. The summed E-state index contributed by atoms with van der Waals surface area (Å²) >= 11 is 3.96. The fourth-order valence-corrected chi connectivity index (χ4v) is 4.22. The molecule has 90 valence electrons. The van der Waals surface area contributed by atoms with Crippen LogP contribution in [0.2, 0.25) is 0 Å². The molecule has 2 atom stereocenters. The lowest BCUT2D eigenvalue weighted by Gasteiger charge is -2.07. The van der Waals surface area contributed by atoms with E-state index in [1.807, 2.05) is 18.4 Å². The molecule has 1 N–H and O–H groups in total. The Morgan fingerprint density at radius 2 is 2.50 bits per heavy atom. The molecule has 0 radical (unpaired) electrons. The number of thioether (sulfide) groups is 1. The summed E-state index contributed by atoms with van der Waals surface area (Å²) in [6.07, 6.45) is 5.00. The van der Waals surface area contributed by atoms with Gasteiger partial charge in [0.25, 0.3) is 0 Å². The minimum absolute atomic E-state index is 0.524. The lowest BCUT2D eigenvalue weighted by molar-refractivity contribution is 0.601. The lowest BCUT2D eigenvalue weighted by atomic mass is 10.2. The molecule has 0 aliphatic carbocycles. The van der Waals surface area contributed by atoms with Gasteiger partial charge in [-0.2, -0.15) is 11.8 Å². The molecule has 2 unspecified atom stereocenters. The third kappa shape index (κ3) is 3.47. The minimum Gasteiger partial charge on any atom is -0.317 e. The Bertz CT molecular complexity index is 319. The predicted molar refractivity (Wildman–Crippen MR) is 73.5 cm³/mol.